The lowest BCUT2D eigenvalue weighted by Crippen LogP contribution is -2.07. The van der Waals surface area contributed by atoms with Crippen molar-refractivity contribution in [3.63, 3.8) is 0 Å². The molecule has 0 saturated carbocycles. The Hall–Kier alpha value is -2.95. The SMILES string of the molecule is O=[N+]([O-])c1ccc(-n2nc(-c3ccccc3)c3c2CCCC3)cc1. The maximum absolute atomic E-state index is 10.9. The number of benzene rings is 2. The largest absolute Gasteiger partial charge is 0.269 e. The molecule has 120 valence electrons. The van der Waals surface area contributed by atoms with Gasteiger partial charge in [-0.3, -0.25) is 10.1 Å². The summed E-state index contributed by atoms with van der Waals surface area (Å²) < 4.78 is 1.96. The quantitative estimate of drug-likeness (QED) is 0.533. The normalized spacial score (nSPS) is 13.5. The van der Waals surface area contributed by atoms with Gasteiger partial charge in [0.25, 0.3) is 5.69 Å². The fraction of sp³-hybridized carbons (Fsp3) is 0.211. The summed E-state index contributed by atoms with van der Waals surface area (Å²) in [5.74, 6) is 0. The molecule has 0 atom stereocenters. The first kappa shape index (κ1) is 14.6. The number of nitro benzene ring substituents is 1. The van der Waals surface area contributed by atoms with Crippen LogP contribution in [0.25, 0.3) is 16.9 Å². The van der Waals surface area contributed by atoms with Gasteiger partial charge in [-0.15, -0.1) is 0 Å². The lowest BCUT2D eigenvalue weighted by molar-refractivity contribution is -0.384. The number of hydrogen-bond donors (Lipinski definition) is 0. The molecule has 0 spiro atoms. The van der Waals surface area contributed by atoms with Gasteiger partial charge in [0.1, 0.15) is 0 Å². The molecule has 2 aromatic carbocycles. The molecule has 0 saturated heterocycles. The van der Waals surface area contributed by atoms with Crippen molar-refractivity contribution < 1.29 is 4.92 Å². The van der Waals surface area contributed by atoms with Gasteiger partial charge >= 0.3 is 0 Å². The molecule has 0 N–H and O–H groups in total. The first-order chi connectivity index (χ1) is 11.7. The van der Waals surface area contributed by atoms with Gasteiger partial charge in [0, 0.05) is 29.0 Å². The summed E-state index contributed by atoms with van der Waals surface area (Å²) in [5.41, 5.74) is 5.67. The fourth-order valence-electron chi connectivity index (χ4n) is 3.36. The van der Waals surface area contributed by atoms with Crippen LogP contribution in [0.1, 0.15) is 24.1 Å². The van der Waals surface area contributed by atoms with E-state index in [2.05, 4.69) is 12.1 Å². The molecule has 24 heavy (non-hydrogen) atoms. The molecule has 0 fully saturated rings. The van der Waals surface area contributed by atoms with E-state index in [0.717, 1.165) is 36.2 Å². The first-order valence-corrected chi connectivity index (χ1v) is 8.15. The predicted octanol–water partition coefficient (Wildman–Crippen LogP) is 4.33. The van der Waals surface area contributed by atoms with Crippen molar-refractivity contribution >= 4 is 5.69 Å². The van der Waals surface area contributed by atoms with Crippen LogP contribution >= 0.6 is 0 Å². The highest BCUT2D eigenvalue weighted by atomic mass is 16.6. The summed E-state index contributed by atoms with van der Waals surface area (Å²) in [4.78, 5) is 10.5. The van der Waals surface area contributed by atoms with Crippen molar-refractivity contribution in [2.45, 2.75) is 25.7 Å². The van der Waals surface area contributed by atoms with Crippen LogP contribution in [0, 0.1) is 10.1 Å². The van der Waals surface area contributed by atoms with Crippen LogP contribution in [-0.4, -0.2) is 14.7 Å². The number of rotatable bonds is 3. The van der Waals surface area contributed by atoms with Crippen LogP contribution in [0.5, 0.6) is 0 Å². The Kier molecular flexibility index (Phi) is 3.61. The Bertz CT molecular complexity index is 883. The van der Waals surface area contributed by atoms with Crippen molar-refractivity contribution in [3.8, 4) is 16.9 Å². The van der Waals surface area contributed by atoms with Gasteiger partial charge in [0.15, 0.2) is 0 Å². The third-order valence-electron chi connectivity index (χ3n) is 4.53. The predicted molar refractivity (Wildman–Crippen MR) is 92.3 cm³/mol. The topological polar surface area (TPSA) is 61.0 Å². The van der Waals surface area contributed by atoms with Gasteiger partial charge in [-0.2, -0.15) is 5.10 Å². The molecule has 1 heterocycles. The Morgan fingerprint density at radius 2 is 1.67 bits per heavy atom. The van der Waals surface area contributed by atoms with E-state index >= 15 is 0 Å². The van der Waals surface area contributed by atoms with Crippen LogP contribution in [-0.2, 0) is 12.8 Å². The van der Waals surface area contributed by atoms with E-state index in [1.165, 1.54) is 29.8 Å². The van der Waals surface area contributed by atoms with Gasteiger partial charge in [0.2, 0.25) is 0 Å². The molecule has 0 unspecified atom stereocenters. The minimum Gasteiger partial charge on any atom is -0.258 e. The average molecular weight is 319 g/mol. The molecule has 0 amide bonds. The van der Waals surface area contributed by atoms with E-state index < -0.39 is 0 Å². The number of nitrogens with zero attached hydrogens (tertiary/aromatic N) is 3. The van der Waals surface area contributed by atoms with Gasteiger partial charge in [-0.25, -0.2) is 4.68 Å². The Morgan fingerprint density at radius 1 is 0.958 bits per heavy atom. The minimum absolute atomic E-state index is 0.100. The van der Waals surface area contributed by atoms with E-state index in [1.807, 2.05) is 22.9 Å². The van der Waals surface area contributed by atoms with Crippen molar-refractivity contribution in [1.29, 1.82) is 0 Å². The smallest absolute Gasteiger partial charge is 0.258 e. The Labute approximate surface area is 139 Å². The van der Waals surface area contributed by atoms with E-state index in [1.54, 1.807) is 12.1 Å². The maximum atomic E-state index is 10.9. The maximum Gasteiger partial charge on any atom is 0.269 e. The molecule has 1 aliphatic rings. The molecular formula is C19H17N3O2. The van der Waals surface area contributed by atoms with Crippen molar-refractivity contribution in [2.75, 3.05) is 0 Å². The van der Waals surface area contributed by atoms with Crippen LogP contribution in [0.15, 0.2) is 54.6 Å². The van der Waals surface area contributed by atoms with E-state index in [0.29, 0.717) is 0 Å². The first-order valence-electron chi connectivity index (χ1n) is 8.15. The monoisotopic (exact) mass is 319 g/mol. The molecular weight excluding hydrogens is 302 g/mol. The Morgan fingerprint density at radius 3 is 2.38 bits per heavy atom. The standard InChI is InChI=1S/C19H17N3O2/c23-22(24)16-12-10-15(11-13-16)21-18-9-5-4-8-17(18)19(20-21)14-6-2-1-3-7-14/h1-3,6-7,10-13H,4-5,8-9H2. The number of non-ortho nitro benzene ring substituents is 1. The number of aromatic nitrogens is 2. The van der Waals surface area contributed by atoms with E-state index in [9.17, 15) is 10.1 Å². The number of nitro groups is 1. The van der Waals surface area contributed by atoms with E-state index in [-0.39, 0.29) is 10.6 Å². The van der Waals surface area contributed by atoms with Gasteiger partial charge in [0.05, 0.1) is 16.3 Å². The molecule has 0 bridgehead atoms. The third kappa shape index (κ3) is 2.48. The van der Waals surface area contributed by atoms with Gasteiger partial charge in [-0.05, 0) is 37.8 Å². The molecule has 0 aliphatic heterocycles. The highest BCUT2D eigenvalue weighted by molar-refractivity contribution is 5.65. The molecule has 5 nitrogen and oxygen atoms in total. The zero-order valence-corrected chi connectivity index (χ0v) is 13.2. The van der Waals surface area contributed by atoms with Crippen molar-refractivity contribution in [1.82, 2.24) is 9.78 Å². The van der Waals surface area contributed by atoms with Crippen LogP contribution in [0.2, 0.25) is 0 Å². The summed E-state index contributed by atoms with van der Waals surface area (Å²) in [7, 11) is 0. The summed E-state index contributed by atoms with van der Waals surface area (Å²) in [6.45, 7) is 0. The molecule has 4 rings (SSSR count). The lowest BCUT2D eigenvalue weighted by atomic mass is 9.93. The van der Waals surface area contributed by atoms with E-state index in [4.69, 9.17) is 5.10 Å². The molecule has 3 aromatic rings. The zero-order valence-electron chi connectivity index (χ0n) is 13.2. The minimum atomic E-state index is -0.377. The molecule has 1 aromatic heterocycles. The highest BCUT2D eigenvalue weighted by Crippen LogP contribution is 2.33. The second-order valence-electron chi connectivity index (χ2n) is 6.03. The summed E-state index contributed by atoms with van der Waals surface area (Å²) in [6.07, 6.45) is 4.36. The summed E-state index contributed by atoms with van der Waals surface area (Å²) >= 11 is 0. The average Bonchev–Trinajstić information content (AvgIpc) is 3.02. The van der Waals surface area contributed by atoms with Crippen molar-refractivity contribution in [2.24, 2.45) is 0 Å². The van der Waals surface area contributed by atoms with Crippen molar-refractivity contribution in [3.05, 3.63) is 76.0 Å². The van der Waals surface area contributed by atoms with Crippen LogP contribution in [0.3, 0.4) is 0 Å². The van der Waals surface area contributed by atoms with Crippen LogP contribution < -0.4 is 0 Å². The number of fused-ring (bicyclic) bond motifs is 1. The second-order valence-corrected chi connectivity index (χ2v) is 6.03. The summed E-state index contributed by atoms with van der Waals surface area (Å²) in [6, 6.07) is 16.8. The second kappa shape index (κ2) is 5.92. The van der Waals surface area contributed by atoms with Gasteiger partial charge < -0.3 is 0 Å². The Balaban J connectivity index is 1.84. The van der Waals surface area contributed by atoms with Crippen LogP contribution in [0.4, 0.5) is 5.69 Å². The molecule has 5 heteroatoms. The summed E-state index contributed by atoms with van der Waals surface area (Å²) in [5, 5.41) is 15.7. The van der Waals surface area contributed by atoms with Gasteiger partial charge in [-0.1, -0.05) is 30.3 Å². The lowest BCUT2D eigenvalue weighted by Gasteiger charge is -2.14. The molecule has 0 radical (unpaired) electrons. The third-order valence-corrected chi connectivity index (χ3v) is 4.53. The molecule has 1 aliphatic carbocycles. The zero-order chi connectivity index (χ0) is 16.5. The highest BCUT2D eigenvalue weighted by Gasteiger charge is 2.22. The fourth-order valence-corrected chi connectivity index (χ4v) is 3.36. The number of hydrogen-bond acceptors (Lipinski definition) is 3.